The predicted molar refractivity (Wildman–Crippen MR) is 78.6 cm³/mol. The van der Waals surface area contributed by atoms with Crippen molar-refractivity contribution >= 4 is 21.2 Å². The third-order valence-electron chi connectivity index (χ3n) is 3.54. The number of nitrogens with zero attached hydrogens (tertiary/aromatic N) is 1. The Balaban J connectivity index is 2.30. The molecule has 1 atom stereocenters. The van der Waals surface area contributed by atoms with Crippen LogP contribution in [-0.4, -0.2) is 18.0 Å². The molecule has 1 heterocycles. The van der Waals surface area contributed by atoms with E-state index in [-0.39, 0.29) is 11.2 Å². The van der Waals surface area contributed by atoms with E-state index >= 15 is 0 Å². The monoisotopic (exact) mass is 303 g/mol. The highest BCUT2D eigenvalue weighted by Gasteiger charge is 2.32. The van der Waals surface area contributed by atoms with Gasteiger partial charge in [-0.05, 0) is 24.6 Å². The highest BCUT2D eigenvalue weighted by molar-refractivity contribution is 7.85. The Morgan fingerprint density at radius 1 is 1.05 bits per heavy atom. The number of H-pyrrole nitrogens is 1. The first-order valence-corrected chi connectivity index (χ1v) is 7.97. The fraction of sp³-hybridized carbons (Fsp3) is 0.133. The molecule has 1 unspecified atom stereocenters. The third-order valence-corrected chi connectivity index (χ3v) is 4.33. The second kappa shape index (κ2) is 4.98. The fourth-order valence-corrected chi connectivity index (χ4v) is 3.27. The summed E-state index contributed by atoms with van der Waals surface area (Å²) in [5.41, 5.74) is 2.34. The van der Waals surface area contributed by atoms with Crippen LogP contribution < -0.4 is 4.57 Å². The van der Waals surface area contributed by atoms with E-state index in [1.165, 1.54) is 0 Å². The Morgan fingerprint density at radius 3 is 2.33 bits per heavy atom. The zero-order valence-electron chi connectivity index (χ0n) is 11.4. The lowest BCUT2D eigenvalue weighted by atomic mass is 10.1. The van der Waals surface area contributed by atoms with Crippen LogP contribution in [0.1, 0.15) is 18.5 Å². The Kier molecular flexibility index (Phi) is 3.27. The summed E-state index contributed by atoms with van der Waals surface area (Å²) in [6, 6.07) is 16.5. The van der Waals surface area contributed by atoms with Crippen molar-refractivity contribution in [1.82, 2.24) is 4.98 Å². The molecule has 3 rings (SSSR count). The zero-order chi connectivity index (χ0) is 15.0. The van der Waals surface area contributed by atoms with E-state index < -0.39 is 10.1 Å². The van der Waals surface area contributed by atoms with Gasteiger partial charge in [0, 0.05) is 0 Å². The van der Waals surface area contributed by atoms with E-state index in [2.05, 4.69) is 4.98 Å². The molecular formula is C15H15N2O3S+. The summed E-state index contributed by atoms with van der Waals surface area (Å²) in [5, 5.41) is -0.208. The lowest BCUT2D eigenvalue weighted by Gasteiger charge is -2.10. The molecule has 3 aromatic rings. The van der Waals surface area contributed by atoms with Gasteiger partial charge in [-0.3, -0.25) is 4.55 Å². The topological polar surface area (TPSA) is 74.0 Å². The van der Waals surface area contributed by atoms with Crippen molar-refractivity contribution in [2.45, 2.75) is 18.1 Å². The second-order valence-electron chi connectivity index (χ2n) is 4.88. The Labute approximate surface area is 122 Å². The van der Waals surface area contributed by atoms with Gasteiger partial charge in [0.2, 0.25) is 0 Å². The lowest BCUT2D eigenvalue weighted by Crippen LogP contribution is -2.42. The molecule has 0 bridgehead atoms. The van der Waals surface area contributed by atoms with Gasteiger partial charge in [-0.1, -0.05) is 42.5 Å². The van der Waals surface area contributed by atoms with Crippen molar-refractivity contribution in [2.75, 3.05) is 0 Å². The van der Waals surface area contributed by atoms with Crippen LogP contribution in [0, 0.1) is 0 Å². The standard InChI is InChI=1S/C15H14N2O3S/c1-11(12-7-3-2-4-8-12)17-14-10-6-5-9-13(14)16-15(17)21(18,19)20/h2-11H,1H3,(H,18,19,20)/p+1. The molecule has 5 nitrogen and oxygen atoms in total. The van der Waals surface area contributed by atoms with Gasteiger partial charge in [-0.15, -0.1) is 0 Å². The van der Waals surface area contributed by atoms with Gasteiger partial charge in [-0.2, -0.15) is 8.42 Å². The minimum atomic E-state index is -4.34. The number of aromatic nitrogens is 2. The van der Waals surface area contributed by atoms with Crippen LogP contribution in [-0.2, 0) is 10.1 Å². The van der Waals surface area contributed by atoms with E-state index in [1.54, 1.807) is 10.6 Å². The third kappa shape index (κ3) is 2.43. The summed E-state index contributed by atoms with van der Waals surface area (Å²) in [6.45, 7) is 1.89. The SMILES string of the molecule is CC(c1ccccc1)[n+]1c(S(=O)(=O)O)[nH]c2ccccc21. The number of imidazole rings is 1. The van der Waals surface area contributed by atoms with Crippen LogP contribution in [0.4, 0.5) is 0 Å². The fourth-order valence-electron chi connectivity index (χ4n) is 2.53. The molecule has 2 aromatic carbocycles. The summed E-state index contributed by atoms with van der Waals surface area (Å²) < 4.78 is 34.4. The lowest BCUT2D eigenvalue weighted by molar-refractivity contribution is -0.723. The molecule has 0 saturated heterocycles. The molecule has 0 spiro atoms. The first-order valence-electron chi connectivity index (χ1n) is 6.53. The van der Waals surface area contributed by atoms with Gasteiger partial charge < -0.3 is 0 Å². The second-order valence-corrected chi connectivity index (χ2v) is 6.22. The van der Waals surface area contributed by atoms with Crippen molar-refractivity contribution in [3.05, 3.63) is 60.2 Å². The van der Waals surface area contributed by atoms with Gasteiger partial charge in [0.1, 0.15) is 6.04 Å². The van der Waals surface area contributed by atoms with Crippen LogP contribution in [0.25, 0.3) is 11.0 Å². The predicted octanol–water partition coefficient (Wildman–Crippen LogP) is 2.31. The van der Waals surface area contributed by atoms with Gasteiger partial charge in [0.15, 0.2) is 11.0 Å². The molecule has 2 N–H and O–H groups in total. The number of aromatic amines is 1. The number of nitrogens with one attached hydrogen (secondary N) is 1. The van der Waals surface area contributed by atoms with Crippen molar-refractivity contribution in [3.63, 3.8) is 0 Å². The number of hydrogen-bond donors (Lipinski definition) is 2. The molecular weight excluding hydrogens is 288 g/mol. The maximum atomic E-state index is 11.7. The maximum absolute atomic E-state index is 11.7. The van der Waals surface area contributed by atoms with Crippen molar-refractivity contribution < 1.29 is 17.5 Å². The number of para-hydroxylation sites is 2. The van der Waals surface area contributed by atoms with E-state index in [0.29, 0.717) is 5.52 Å². The quantitative estimate of drug-likeness (QED) is 0.576. The average molecular weight is 303 g/mol. The van der Waals surface area contributed by atoms with E-state index in [0.717, 1.165) is 11.1 Å². The Hall–Kier alpha value is -2.18. The molecule has 21 heavy (non-hydrogen) atoms. The molecule has 0 aliphatic carbocycles. The van der Waals surface area contributed by atoms with E-state index in [1.807, 2.05) is 55.5 Å². The van der Waals surface area contributed by atoms with Crippen LogP contribution in [0.3, 0.4) is 0 Å². The highest BCUT2D eigenvalue weighted by atomic mass is 32.2. The molecule has 0 aliphatic rings. The van der Waals surface area contributed by atoms with Crippen molar-refractivity contribution in [2.24, 2.45) is 0 Å². The molecule has 0 amide bonds. The zero-order valence-corrected chi connectivity index (χ0v) is 12.2. The van der Waals surface area contributed by atoms with Crippen LogP contribution in [0.5, 0.6) is 0 Å². The molecule has 1 aromatic heterocycles. The molecule has 6 heteroatoms. The first-order chi connectivity index (χ1) is 9.98. The summed E-state index contributed by atoms with van der Waals surface area (Å²) in [6.07, 6.45) is 0. The molecule has 0 saturated carbocycles. The molecule has 0 fully saturated rings. The van der Waals surface area contributed by atoms with E-state index in [9.17, 15) is 13.0 Å². The molecule has 0 aliphatic heterocycles. The first kappa shape index (κ1) is 13.8. The van der Waals surface area contributed by atoms with E-state index in [4.69, 9.17) is 0 Å². The summed E-state index contributed by atoms with van der Waals surface area (Å²) in [7, 11) is -4.34. The normalized spacial score (nSPS) is 13.4. The average Bonchev–Trinajstić information content (AvgIpc) is 2.87. The Morgan fingerprint density at radius 2 is 1.67 bits per heavy atom. The van der Waals surface area contributed by atoms with Crippen molar-refractivity contribution in [3.8, 4) is 0 Å². The smallest absolute Gasteiger partial charge is 0.276 e. The largest absolute Gasteiger partial charge is 0.402 e. The van der Waals surface area contributed by atoms with Crippen LogP contribution >= 0.6 is 0 Å². The summed E-state index contributed by atoms with van der Waals surface area (Å²) >= 11 is 0. The van der Waals surface area contributed by atoms with Gasteiger partial charge in [-0.25, -0.2) is 9.55 Å². The molecule has 108 valence electrons. The highest BCUT2D eigenvalue weighted by Crippen LogP contribution is 2.19. The minimum Gasteiger partial charge on any atom is -0.276 e. The number of fused-ring (bicyclic) bond motifs is 1. The van der Waals surface area contributed by atoms with Crippen LogP contribution in [0.15, 0.2) is 59.8 Å². The van der Waals surface area contributed by atoms with Gasteiger partial charge in [0.05, 0.1) is 0 Å². The Bertz CT molecular complexity index is 886. The van der Waals surface area contributed by atoms with Crippen molar-refractivity contribution in [1.29, 1.82) is 0 Å². The van der Waals surface area contributed by atoms with Gasteiger partial charge >= 0.3 is 15.3 Å². The summed E-state index contributed by atoms with van der Waals surface area (Å²) in [4.78, 5) is 2.78. The maximum Gasteiger partial charge on any atom is 0.402 e. The van der Waals surface area contributed by atoms with Crippen LogP contribution in [0.2, 0.25) is 0 Å². The number of rotatable bonds is 3. The summed E-state index contributed by atoms with van der Waals surface area (Å²) in [5.74, 6) is 0. The minimum absolute atomic E-state index is 0.208. The number of hydrogen-bond acceptors (Lipinski definition) is 2. The molecule has 0 radical (unpaired) electrons. The van der Waals surface area contributed by atoms with Gasteiger partial charge in [0.25, 0.3) is 0 Å². The number of benzene rings is 2.